The van der Waals surface area contributed by atoms with Crippen LogP contribution < -0.4 is 15.8 Å². The number of anilines is 2. The number of benzene rings is 1. The molecule has 0 spiro atoms. The number of piperazine rings is 1. The Morgan fingerprint density at radius 3 is 2.56 bits per heavy atom. The summed E-state index contributed by atoms with van der Waals surface area (Å²) in [6.07, 6.45) is 0.472. The Hall–Kier alpha value is -5.32. The monoisotopic (exact) mass is 667 g/mol. The molecule has 48 heavy (non-hydrogen) atoms. The van der Waals surface area contributed by atoms with Gasteiger partial charge in [-0.1, -0.05) is 13.0 Å². The highest BCUT2D eigenvalue weighted by Crippen LogP contribution is 2.32. The van der Waals surface area contributed by atoms with E-state index in [1.54, 1.807) is 4.57 Å². The van der Waals surface area contributed by atoms with Crippen molar-refractivity contribution in [3.8, 4) is 5.75 Å². The van der Waals surface area contributed by atoms with Crippen molar-refractivity contribution in [3.63, 3.8) is 0 Å². The predicted octanol–water partition coefficient (Wildman–Crippen LogP) is 2.68. The van der Waals surface area contributed by atoms with Gasteiger partial charge in [-0.15, -0.1) is 5.10 Å². The summed E-state index contributed by atoms with van der Waals surface area (Å²) in [5.74, 6) is -0.895. The molecule has 1 saturated heterocycles. The number of alkyl halides is 3. The molecule has 2 amide bonds. The zero-order valence-corrected chi connectivity index (χ0v) is 26.1. The summed E-state index contributed by atoms with van der Waals surface area (Å²) in [5.41, 5.74) is 0.636. The molecule has 0 saturated carbocycles. The van der Waals surface area contributed by atoms with Gasteiger partial charge in [-0.05, 0) is 49.1 Å². The highest BCUT2D eigenvalue weighted by molar-refractivity contribution is 5.95. The van der Waals surface area contributed by atoms with Gasteiger partial charge in [0.2, 0.25) is 11.7 Å². The van der Waals surface area contributed by atoms with Crippen molar-refractivity contribution in [1.29, 1.82) is 0 Å². The molecule has 2 N–H and O–H groups in total. The Morgan fingerprint density at radius 1 is 1.15 bits per heavy atom. The first-order chi connectivity index (χ1) is 23.0. The van der Waals surface area contributed by atoms with Gasteiger partial charge in [0.1, 0.15) is 18.6 Å². The lowest BCUT2D eigenvalue weighted by Gasteiger charge is -2.36. The molecule has 1 fully saturated rings. The van der Waals surface area contributed by atoms with Crippen LogP contribution in [0.25, 0.3) is 11.4 Å². The molecule has 2 aliphatic heterocycles. The van der Waals surface area contributed by atoms with E-state index in [0.29, 0.717) is 37.6 Å². The standard InChI is InChI=1S/C31H32F3N9O5/c1-3-22-26(40-8-10-41(11-9-40)28(46)25-23(44)15-35-17-36-25)29(47)43-30(38-27(39-43)19-6-12-48-13-7-19)42(22)16-24(45)37-21-5-4-20(14-18(21)2)31(32,33)34/h4-6,14-15,17,44H,3,7-13,16H2,1-2H3,(H,37,45). The van der Waals surface area contributed by atoms with E-state index in [4.69, 9.17) is 4.74 Å². The third-order valence-corrected chi connectivity index (χ3v) is 8.32. The highest BCUT2D eigenvalue weighted by atomic mass is 19.4. The van der Waals surface area contributed by atoms with Crippen LogP contribution in [0.5, 0.6) is 5.75 Å². The molecule has 5 heterocycles. The van der Waals surface area contributed by atoms with Crippen LogP contribution in [0.4, 0.5) is 24.5 Å². The zero-order chi connectivity index (χ0) is 34.2. The first-order valence-corrected chi connectivity index (χ1v) is 15.3. The normalized spacial score (nSPS) is 15.5. The average Bonchev–Trinajstić information content (AvgIpc) is 3.53. The highest BCUT2D eigenvalue weighted by Gasteiger charge is 2.32. The number of aromatic nitrogens is 6. The molecule has 0 bridgehead atoms. The fraction of sp³-hybridized carbons (Fsp3) is 0.387. The molecule has 3 aromatic heterocycles. The molecule has 4 aromatic rings. The van der Waals surface area contributed by atoms with Crippen molar-refractivity contribution in [2.45, 2.75) is 39.4 Å². The van der Waals surface area contributed by atoms with Gasteiger partial charge in [-0.3, -0.25) is 14.4 Å². The van der Waals surface area contributed by atoms with Crippen LogP contribution in [0.15, 0.2) is 41.6 Å². The van der Waals surface area contributed by atoms with Gasteiger partial charge in [0.25, 0.3) is 11.5 Å². The second-order valence-electron chi connectivity index (χ2n) is 11.4. The Kier molecular flexibility index (Phi) is 8.87. The Balaban J connectivity index is 1.35. The van der Waals surface area contributed by atoms with Gasteiger partial charge in [0.15, 0.2) is 17.3 Å². The maximum Gasteiger partial charge on any atom is 0.416 e. The molecule has 14 nitrogen and oxygen atoms in total. The molecule has 2 aliphatic rings. The largest absolute Gasteiger partial charge is 0.504 e. The second kappa shape index (κ2) is 13.1. The molecular weight excluding hydrogens is 635 g/mol. The summed E-state index contributed by atoms with van der Waals surface area (Å²) in [6, 6.07) is 3.07. The van der Waals surface area contributed by atoms with Crippen molar-refractivity contribution < 1.29 is 32.6 Å². The zero-order valence-electron chi connectivity index (χ0n) is 26.1. The molecule has 1 aromatic carbocycles. The molecule has 252 valence electrons. The number of nitrogens with zero attached hydrogens (tertiary/aromatic N) is 8. The summed E-state index contributed by atoms with van der Waals surface area (Å²) in [6.45, 7) is 4.76. The third kappa shape index (κ3) is 6.32. The van der Waals surface area contributed by atoms with Gasteiger partial charge >= 0.3 is 6.18 Å². The number of hydrogen-bond acceptors (Lipinski definition) is 10. The van der Waals surface area contributed by atoms with E-state index < -0.39 is 29.1 Å². The van der Waals surface area contributed by atoms with Gasteiger partial charge < -0.3 is 29.5 Å². The number of nitrogens with one attached hydrogen (secondary N) is 1. The molecular formula is C31H32F3N9O5. The summed E-state index contributed by atoms with van der Waals surface area (Å²) in [4.78, 5) is 56.3. The second-order valence-corrected chi connectivity index (χ2v) is 11.4. The van der Waals surface area contributed by atoms with E-state index in [0.717, 1.165) is 28.4 Å². The molecule has 6 rings (SSSR count). The number of fused-ring (bicyclic) bond motifs is 1. The minimum Gasteiger partial charge on any atom is -0.504 e. The maximum absolute atomic E-state index is 14.1. The van der Waals surface area contributed by atoms with Crippen molar-refractivity contribution in [1.82, 2.24) is 34.0 Å². The molecule has 0 radical (unpaired) electrons. The van der Waals surface area contributed by atoms with Crippen molar-refractivity contribution in [2.75, 3.05) is 49.6 Å². The number of carbonyl (C=O) groups excluding carboxylic acids is 2. The van der Waals surface area contributed by atoms with Crippen molar-refractivity contribution in [2.24, 2.45) is 0 Å². The minimum absolute atomic E-state index is 0.122. The van der Waals surface area contributed by atoms with E-state index in [2.05, 4.69) is 25.4 Å². The van der Waals surface area contributed by atoms with Crippen molar-refractivity contribution in [3.05, 3.63) is 75.5 Å². The van der Waals surface area contributed by atoms with Crippen LogP contribution >= 0.6 is 0 Å². The number of hydrogen-bond donors (Lipinski definition) is 2. The summed E-state index contributed by atoms with van der Waals surface area (Å²) >= 11 is 0. The lowest BCUT2D eigenvalue weighted by atomic mass is 10.1. The van der Waals surface area contributed by atoms with Crippen molar-refractivity contribution >= 4 is 34.5 Å². The number of aromatic hydroxyl groups is 1. The number of amides is 2. The average molecular weight is 668 g/mol. The molecule has 17 heteroatoms. The Morgan fingerprint density at radius 2 is 1.92 bits per heavy atom. The van der Waals surface area contributed by atoms with Crippen LogP contribution in [0.1, 0.15) is 46.5 Å². The van der Waals surface area contributed by atoms with Crippen LogP contribution in [-0.2, 0) is 28.7 Å². The van der Waals surface area contributed by atoms with E-state index >= 15 is 0 Å². The first kappa shape index (κ1) is 32.6. The van der Waals surface area contributed by atoms with Gasteiger partial charge in [-0.25, -0.2) is 9.97 Å². The van der Waals surface area contributed by atoms with Crippen LogP contribution in [0.3, 0.4) is 0 Å². The topological polar surface area (TPSA) is 160 Å². The fourth-order valence-electron chi connectivity index (χ4n) is 5.88. The predicted molar refractivity (Wildman–Crippen MR) is 167 cm³/mol. The smallest absolute Gasteiger partial charge is 0.416 e. The van der Waals surface area contributed by atoms with E-state index in [1.807, 2.05) is 17.9 Å². The summed E-state index contributed by atoms with van der Waals surface area (Å²) < 4.78 is 47.8. The third-order valence-electron chi connectivity index (χ3n) is 8.32. The quantitative estimate of drug-likeness (QED) is 0.300. The molecule has 0 unspecified atom stereocenters. The van der Waals surface area contributed by atoms with E-state index in [-0.39, 0.29) is 66.9 Å². The lowest BCUT2D eigenvalue weighted by Crippen LogP contribution is -2.51. The summed E-state index contributed by atoms with van der Waals surface area (Å²) in [5, 5.41) is 17.3. The van der Waals surface area contributed by atoms with Crippen LogP contribution in [0.2, 0.25) is 0 Å². The van der Waals surface area contributed by atoms with Gasteiger partial charge in [-0.2, -0.15) is 22.7 Å². The van der Waals surface area contributed by atoms with Gasteiger partial charge in [0.05, 0.1) is 30.7 Å². The molecule has 0 atom stereocenters. The number of halogens is 3. The number of aryl methyl sites for hydroxylation is 1. The lowest BCUT2D eigenvalue weighted by molar-refractivity contribution is -0.137. The number of ether oxygens (including phenoxy) is 1. The SMILES string of the molecule is CCc1c(N2CCN(C(=O)c3ncncc3O)CC2)c(=O)n2nc(C3=CCOCC3)nc2n1CC(=O)Nc1ccc(C(F)(F)F)cc1C. The summed E-state index contributed by atoms with van der Waals surface area (Å²) in [7, 11) is 0. The Labute approximate surface area is 271 Å². The van der Waals surface area contributed by atoms with E-state index in [1.165, 1.54) is 24.2 Å². The van der Waals surface area contributed by atoms with Crippen LogP contribution in [-0.4, -0.2) is 90.3 Å². The first-order valence-electron chi connectivity index (χ1n) is 15.3. The minimum atomic E-state index is -4.52. The van der Waals surface area contributed by atoms with E-state index in [9.17, 15) is 32.7 Å². The van der Waals surface area contributed by atoms with Crippen LogP contribution in [0, 0.1) is 6.92 Å². The Bertz CT molecular complexity index is 1980. The number of rotatable bonds is 7. The fourth-order valence-corrected chi connectivity index (χ4v) is 5.88. The number of carbonyl (C=O) groups is 2. The van der Waals surface area contributed by atoms with Gasteiger partial charge in [0, 0.05) is 31.9 Å². The molecule has 0 aliphatic carbocycles. The maximum atomic E-state index is 14.1.